The van der Waals surface area contributed by atoms with Gasteiger partial charge in [-0.05, 0) is 49.2 Å². The molecule has 1 aliphatic rings. The summed E-state index contributed by atoms with van der Waals surface area (Å²) in [6.45, 7) is 3.58. The van der Waals surface area contributed by atoms with E-state index in [1.54, 1.807) is 12.5 Å². The van der Waals surface area contributed by atoms with Crippen LogP contribution in [-0.2, 0) is 11.8 Å². The molecule has 0 bridgehead atoms. The number of hydrogen-bond donors (Lipinski definition) is 1. The van der Waals surface area contributed by atoms with Gasteiger partial charge in [-0.2, -0.15) is 0 Å². The standard InChI is InChI=1S/C26H26N8O2/c1-16-10-17(4-7-23(16)36-18-5-6-22-20(11-18)30-15-34(22)3)31-25-24-21(28-14-29-25)12-27-26(32-24)33(2)13-19-8-9-35-19/h4-7,10-12,14-15,19H,8-9,13H2,1-3H3,(H,28,29,31). The van der Waals surface area contributed by atoms with Crippen LogP contribution in [0.4, 0.5) is 17.5 Å². The molecule has 1 fully saturated rings. The minimum Gasteiger partial charge on any atom is -0.457 e. The van der Waals surface area contributed by atoms with Crippen LogP contribution in [0.1, 0.15) is 12.0 Å². The zero-order chi connectivity index (χ0) is 24.6. The molecule has 10 heteroatoms. The molecule has 5 aromatic rings. The van der Waals surface area contributed by atoms with Crippen molar-refractivity contribution in [1.82, 2.24) is 29.5 Å². The molecule has 0 amide bonds. The molecule has 0 radical (unpaired) electrons. The molecule has 4 heterocycles. The fraction of sp³-hybridized carbons (Fsp3) is 0.269. The van der Waals surface area contributed by atoms with E-state index in [0.29, 0.717) is 22.8 Å². The van der Waals surface area contributed by atoms with Gasteiger partial charge in [0, 0.05) is 39.0 Å². The molecule has 0 aliphatic carbocycles. The van der Waals surface area contributed by atoms with Crippen molar-refractivity contribution in [2.45, 2.75) is 19.4 Å². The van der Waals surface area contributed by atoms with Crippen LogP contribution < -0.4 is 15.0 Å². The molecule has 36 heavy (non-hydrogen) atoms. The summed E-state index contributed by atoms with van der Waals surface area (Å²) >= 11 is 0. The summed E-state index contributed by atoms with van der Waals surface area (Å²) in [5.74, 6) is 2.74. The first-order valence-corrected chi connectivity index (χ1v) is 11.8. The molecule has 3 aromatic heterocycles. The molecule has 1 saturated heterocycles. The number of nitrogens with zero attached hydrogens (tertiary/aromatic N) is 7. The molecule has 10 nitrogen and oxygen atoms in total. The van der Waals surface area contributed by atoms with Gasteiger partial charge in [-0.3, -0.25) is 0 Å². The molecule has 2 aromatic carbocycles. The quantitative estimate of drug-likeness (QED) is 0.362. The molecular formula is C26H26N8O2. The maximum atomic E-state index is 6.15. The summed E-state index contributed by atoms with van der Waals surface area (Å²) in [6, 6.07) is 11.8. The third-order valence-corrected chi connectivity index (χ3v) is 6.34. The average Bonchev–Trinajstić information content (AvgIpc) is 3.23. The van der Waals surface area contributed by atoms with Gasteiger partial charge in [-0.1, -0.05) is 0 Å². The lowest BCUT2D eigenvalue weighted by Crippen LogP contribution is -2.38. The molecule has 1 atom stereocenters. The van der Waals surface area contributed by atoms with E-state index in [1.807, 2.05) is 66.9 Å². The number of fused-ring (bicyclic) bond motifs is 2. The van der Waals surface area contributed by atoms with E-state index in [-0.39, 0.29) is 6.10 Å². The first-order valence-electron chi connectivity index (χ1n) is 11.8. The van der Waals surface area contributed by atoms with Crippen molar-refractivity contribution in [1.29, 1.82) is 0 Å². The highest BCUT2D eigenvalue weighted by molar-refractivity contribution is 5.87. The highest BCUT2D eigenvalue weighted by Gasteiger charge is 2.21. The Bertz CT molecular complexity index is 1560. The average molecular weight is 483 g/mol. The van der Waals surface area contributed by atoms with Gasteiger partial charge in [-0.25, -0.2) is 24.9 Å². The fourth-order valence-corrected chi connectivity index (χ4v) is 4.22. The van der Waals surface area contributed by atoms with Crippen LogP contribution in [0, 0.1) is 6.92 Å². The molecule has 6 rings (SSSR count). The SMILES string of the molecule is Cc1cc(Nc2ncnc3cnc(N(C)CC4CCO4)nc23)ccc1Oc1ccc2c(c1)ncn2C. The van der Waals surface area contributed by atoms with Crippen LogP contribution >= 0.6 is 0 Å². The first kappa shape index (κ1) is 22.2. The van der Waals surface area contributed by atoms with Crippen molar-refractivity contribution in [2.24, 2.45) is 7.05 Å². The van der Waals surface area contributed by atoms with Crippen molar-refractivity contribution >= 4 is 39.5 Å². The number of likely N-dealkylation sites (N-methyl/N-ethyl adjacent to an activating group) is 1. The van der Waals surface area contributed by atoms with Gasteiger partial charge in [0.15, 0.2) is 5.82 Å². The molecule has 1 aliphatic heterocycles. The van der Waals surface area contributed by atoms with Gasteiger partial charge in [0.2, 0.25) is 5.95 Å². The number of nitrogens with one attached hydrogen (secondary N) is 1. The Morgan fingerprint density at radius 2 is 2.00 bits per heavy atom. The van der Waals surface area contributed by atoms with Crippen molar-refractivity contribution in [3.63, 3.8) is 0 Å². The Balaban J connectivity index is 1.23. The molecule has 1 N–H and O–H groups in total. The van der Waals surface area contributed by atoms with E-state index >= 15 is 0 Å². The maximum Gasteiger partial charge on any atom is 0.225 e. The van der Waals surface area contributed by atoms with Crippen LogP contribution in [0.25, 0.3) is 22.1 Å². The number of imidazole rings is 1. The number of hydrogen-bond acceptors (Lipinski definition) is 9. The molecule has 0 spiro atoms. The maximum absolute atomic E-state index is 6.15. The topological polar surface area (TPSA) is 103 Å². The summed E-state index contributed by atoms with van der Waals surface area (Å²) < 4.78 is 13.7. The minimum atomic E-state index is 0.230. The number of aromatic nitrogens is 6. The molecule has 182 valence electrons. The highest BCUT2D eigenvalue weighted by Crippen LogP contribution is 2.31. The molecule has 0 saturated carbocycles. The summed E-state index contributed by atoms with van der Waals surface area (Å²) in [7, 11) is 3.94. The van der Waals surface area contributed by atoms with E-state index in [0.717, 1.165) is 53.4 Å². The van der Waals surface area contributed by atoms with Crippen molar-refractivity contribution in [3.8, 4) is 11.5 Å². The van der Waals surface area contributed by atoms with E-state index in [9.17, 15) is 0 Å². The summed E-state index contributed by atoms with van der Waals surface area (Å²) in [4.78, 5) is 24.4. The Morgan fingerprint density at radius 1 is 1.11 bits per heavy atom. The fourth-order valence-electron chi connectivity index (χ4n) is 4.22. The summed E-state index contributed by atoms with van der Waals surface area (Å²) in [5.41, 5.74) is 5.14. The van der Waals surface area contributed by atoms with Crippen LogP contribution in [0.5, 0.6) is 11.5 Å². The smallest absolute Gasteiger partial charge is 0.225 e. The number of rotatable bonds is 7. The van der Waals surface area contributed by atoms with E-state index < -0.39 is 0 Å². The van der Waals surface area contributed by atoms with Gasteiger partial charge < -0.3 is 24.3 Å². The van der Waals surface area contributed by atoms with E-state index in [1.165, 1.54) is 6.33 Å². The van der Waals surface area contributed by atoms with Gasteiger partial charge >= 0.3 is 0 Å². The van der Waals surface area contributed by atoms with Gasteiger partial charge in [0.1, 0.15) is 28.9 Å². The number of ether oxygens (including phenoxy) is 2. The monoisotopic (exact) mass is 482 g/mol. The number of anilines is 3. The largest absolute Gasteiger partial charge is 0.457 e. The third-order valence-electron chi connectivity index (χ3n) is 6.34. The normalized spacial score (nSPS) is 15.1. The highest BCUT2D eigenvalue weighted by atomic mass is 16.5. The number of benzene rings is 2. The predicted molar refractivity (Wildman–Crippen MR) is 138 cm³/mol. The minimum absolute atomic E-state index is 0.230. The van der Waals surface area contributed by atoms with Crippen molar-refractivity contribution < 1.29 is 9.47 Å². The summed E-state index contributed by atoms with van der Waals surface area (Å²) in [5, 5.41) is 3.38. The second-order valence-corrected chi connectivity index (χ2v) is 9.00. The van der Waals surface area contributed by atoms with E-state index in [2.05, 4.69) is 25.3 Å². The second-order valence-electron chi connectivity index (χ2n) is 9.00. The van der Waals surface area contributed by atoms with Crippen LogP contribution in [0.3, 0.4) is 0 Å². The van der Waals surface area contributed by atoms with E-state index in [4.69, 9.17) is 14.5 Å². The predicted octanol–water partition coefficient (Wildman–Crippen LogP) is 4.38. The Kier molecular flexibility index (Phi) is 5.57. The van der Waals surface area contributed by atoms with Crippen molar-refractivity contribution in [3.05, 3.63) is 60.8 Å². The lowest BCUT2D eigenvalue weighted by molar-refractivity contribution is -0.0441. The Morgan fingerprint density at radius 3 is 2.81 bits per heavy atom. The van der Waals surface area contributed by atoms with Crippen molar-refractivity contribution in [2.75, 3.05) is 30.4 Å². The number of aryl methyl sites for hydroxylation is 2. The third kappa shape index (κ3) is 4.27. The first-order chi connectivity index (χ1) is 17.5. The van der Waals surface area contributed by atoms with Gasteiger partial charge in [0.05, 0.1) is 29.7 Å². The Labute approximate surface area is 208 Å². The van der Waals surface area contributed by atoms with Crippen LogP contribution in [0.15, 0.2) is 55.2 Å². The van der Waals surface area contributed by atoms with Gasteiger partial charge in [-0.15, -0.1) is 0 Å². The zero-order valence-electron chi connectivity index (χ0n) is 20.3. The molecule has 1 unspecified atom stereocenters. The summed E-state index contributed by atoms with van der Waals surface area (Å²) in [6.07, 6.45) is 6.32. The van der Waals surface area contributed by atoms with Crippen LogP contribution in [-0.4, -0.2) is 55.8 Å². The zero-order valence-corrected chi connectivity index (χ0v) is 20.3. The Hall–Kier alpha value is -4.31. The molecular weight excluding hydrogens is 456 g/mol. The lowest BCUT2D eigenvalue weighted by Gasteiger charge is -2.30. The lowest BCUT2D eigenvalue weighted by atomic mass is 10.2. The second kappa shape index (κ2) is 9.04. The van der Waals surface area contributed by atoms with Crippen LogP contribution in [0.2, 0.25) is 0 Å². The van der Waals surface area contributed by atoms with Gasteiger partial charge in [0.25, 0.3) is 0 Å².